The van der Waals surface area contributed by atoms with Crippen molar-refractivity contribution in [3.8, 4) is 0 Å². The molecule has 17 heavy (non-hydrogen) atoms. The van der Waals surface area contributed by atoms with Gasteiger partial charge in [-0.1, -0.05) is 0 Å². The molecule has 6 nitrogen and oxygen atoms in total. The Morgan fingerprint density at radius 1 is 1.59 bits per heavy atom. The Balaban J connectivity index is 2.32. The van der Waals surface area contributed by atoms with Gasteiger partial charge in [-0.05, 0) is 20.8 Å². The number of carbonyl (C=O) groups is 2. The summed E-state index contributed by atoms with van der Waals surface area (Å²) in [6.45, 7) is 7.35. The molecular weight excluding hydrogens is 222 g/mol. The van der Waals surface area contributed by atoms with Crippen LogP contribution in [-0.2, 0) is 14.3 Å². The van der Waals surface area contributed by atoms with E-state index in [0.717, 1.165) is 0 Å². The highest BCUT2D eigenvalue weighted by atomic mass is 16.5. The Morgan fingerprint density at radius 3 is 2.82 bits per heavy atom. The Labute approximate surface area is 101 Å². The van der Waals surface area contributed by atoms with Crippen molar-refractivity contribution in [2.24, 2.45) is 0 Å². The van der Waals surface area contributed by atoms with Crippen LogP contribution in [0.1, 0.15) is 20.8 Å². The van der Waals surface area contributed by atoms with Gasteiger partial charge in [0.25, 0.3) is 0 Å². The van der Waals surface area contributed by atoms with Gasteiger partial charge >= 0.3 is 0 Å². The summed E-state index contributed by atoms with van der Waals surface area (Å²) in [6.07, 6.45) is 0. The van der Waals surface area contributed by atoms with Crippen molar-refractivity contribution in [2.45, 2.75) is 32.4 Å². The lowest BCUT2D eigenvalue weighted by molar-refractivity contribution is -0.127. The van der Waals surface area contributed by atoms with Crippen LogP contribution in [0.3, 0.4) is 0 Å². The Kier molecular flexibility index (Phi) is 4.89. The molecule has 98 valence electrons. The minimum absolute atomic E-state index is 0.0799. The normalized spacial score (nSPS) is 20.9. The average Bonchev–Trinajstić information content (AvgIpc) is 2.27. The molecule has 3 N–H and O–H groups in total. The lowest BCUT2D eigenvalue weighted by Gasteiger charge is -2.28. The van der Waals surface area contributed by atoms with E-state index in [-0.39, 0.29) is 30.0 Å². The van der Waals surface area contributed by atoms with Gasteiger partial charge in [0, 0.05) is 19.7 Å². The average molecular weight is 243 g/mol. The zero-order chi connectivity index (χ0) is 12.9. The van der Waals surface area contributed by atoms with Crippen molar-refractivity contribution in [1.82, 2.24) is 16.0 Å². The fourth-order valence-electron chi connectivity index (χ4n) is 1.62. The molecule has 1 atom stereocenters. The van der Waals surface area contributed by atoms with E-state index in [9.17, 15) is 9.59 Å². The predicted molar refractivity (Wildman–Crippen MR) is 63.5 cm³/mol. The Hall–Kier alpha value is -1.14. The van der Waals surface area contributed by atoms with Crippen molar-refractivity contribution in [2.75, 3.05) is 26.2 Å². The van der Waals surface area contributed by atoms with Crippen molar-refractivity contribution in [3.63, 3.8) is 0 Å². The zero-order valence-corrected chi connectivity index (χ0v) is 10.6. The molecule has 0 bridgehead atoms. The SMILES string of the molecule is CCOC(C)(C)CNC(=O)C1CNC(=O)CN1. The molecule has 0 aliphatic carbocycles. The lowest BCUT2D eigenvalue weighted by Crippen LogP contribution is -2.59. The monoisotopic (exact) mass is 243 g/mol. The second kappa shape index (κ2) is 5.97. The summed E-state index contributed by atoms with van der Waals surface area (Å²) in [5.74, 6) is -0.193. The van der Waals surface area contributed by atoms with Crippen LogP contribution in [0.2, 0.25) is 0 Å². The molecule has 6 heteroatoms. The largest absolute Gasteiger partial charge is 0.374 e. The van der Waals surface area contributed by atoms with Gasteiger partial charge in [0.05, 0.1) is 12.1 Å². The summed E-state index contributed by atoms with van der Waals surface area (Å²) in [6, 6.07) is -0.356. The van der Waals surface area contributed by atoms with Crippen LogP contribution in [0, 0.1) is 0 Å². The highest BCUT2D eigenvalue weighted by Gasteiger charge is 2.25. The molecule has 0 spiro atoms. The van der Waals surface area contributed by atoms with Gasteiger partial charge in [0.15, 0.2) is 0 Å². The van der Waals surface area contributed by atoms with Crippen LogP contribution in [0.25, 0.3) is 0 Å². The summed E-state index contributed by atoms with van der Waals surface area (Å²) in [5.41, 5.74) is -0.373. The molecule has 1 rings (SSSR count). The fraction of sp³-hybridized carbons (Fsp3) is 0.818. The minimum atomic E-state index is -0.373. The first-order chi connectivity index (χ1) is 7.94. The molecule has 1 unspecified atom stereocenters. The third kappa shape index (κ3) is 4.70. The third-order valence-corrected chi connectivity index (χ3v) is 2.55. The van der Waals surface area contributed by atoms with E-state index in [1.54, 1.807) is 0 Å². The van der Waals surface area contributed by atoms with Gasteiger partial charge in [0.2, 0.25) is 11.8 Å². The smallest absolute Gasteiger partial charge is 0.239 e. The fourth-order valence-corrected chi connectivity index (χ4v) is 1.62. The molecule has 0 radical (unpaired) electrons. The first-order valence-electron chi connectivity index (χ1n) is 5.86. The maximum atomic E-state index is 11.8. The van der Waals surface area contributed by atoms with Crippen LogP contribution in [0.15, 0.2) is 0 Å². The number of carbonyl (C=O) groups excluding carboxylic acids is 2. The van der Waals surface area contributed by atoms with Gasteiger partial charge in [-0.15, -0.1) is 0 Å². The molecule has 1 aliphatic heterocycles. The standard InChI is InChI=1S/C11H21N3O3/c1-4-17-11(2,3)7-14-10(16)8-5-13-9(15)6-12-8/h8,12H,4-7H2,1-3H3,(H,13,15)(H,14,16). The maximum Gasteiger partial charge on any atom is 0.239 e. The number of ether oxygens (including phenoxy) is 1. The van der Waals surface area contributed by atoms with E-state index in [4.69, 9.17) is 4.74 Å². The van der Waals surface area contributed by atoms with Crippen molar-refractivity contribution >= 4 is 11.8 Å². The van der Waals surface area contributed by atoms with Crippen LogP contribution in [0.5, 0.6) is 0 Å². The zero-order valence-electron chi connectivity index (χ0n) is 10.6. The molecule has 0 aromatic heterocycles. The van der Waals surface area contributed by atoms with E-state index in [1.165, 1.54) is 0 Å². The molecule has 1 heterocycles. The van der Waals surface area contributed by atoms with E-state index >= 15 is 0 Å². The summed E-state index contributed by atoms with van der Waals surface area (Å²) >= 11 is 0. The predicted octanol–water partition coefficient (Wildman–Crippen LogP) is -0.994. The Morgan fingerprint density at radius 2 is 2.29 bits per heavy atom. The van der Waals surface area contributed by atoms with Crippen molar-refractivity contribution < 1.29 is 14.3 Å². The van der Waals surface area contributed by atoms with Gasteiger partial charge in [-0.3, -0.25) is 14.9 Å². The number of hydrogen-bond acceptors (Lipinski definition) is 4. The molecule has 1 fully saturated rings. The number of piperazine rings is 1. The highest BCUT2D eigenvalue weighted by Crippen LogP contribution is 2.06. The molecule has 0 saturated carbocycles. The minimum Gasteiger partial charge on any atom is -0.374 e. The van der Waals surface area contributed by atoms with E-state index < -0.39 is 0 Å². The van der Waals surface area contributed by atoms with Crippen molar-refractivity contribution in [1.29, 1.82) is 0 Å². The van der Waals surface area contributed by atoms with Gasteiger partial charge < -0.3 is 15.4 Å². The topological polar surface area (TPSA) is 79.5 Å². The third-order valence-electron chi connectivity index (χ3n) is 2.55. The molecule has 0 aromatic carbocycles. The highest BCUT2D eigenvalue weighted by molar-refractivity contribution is 5.86. The van der Waals surface area contributed by atoms with Crippen LogP contribution in [0.4, 0.5) is 0 Å². The Bertz CT molecular complexity index is 282. The lowest BCUT2D eigenvalue weighted by atomic mass is 10.1. The number of rotatable bonds is 5. The van der Waals surface area contributed by atoms with Gasteiger partial charge in [0.1, 0.15) is 6.04 Å². The second-order valence-corrected chi connectivity index (χ2v) is 4.65. The quantitative estimate of drug-likeness (QED) is 0.579. The van der Waals surface area contributed by atoms with Crippen LogP contribution >= 0.6 is 0 Å². The number of amides is 2. The second-order valence-electron chi connectivity index (χ2n) is 4.65. The summed E-state index contributed by atoms with van der Waals surface area (Å²) < 4.78 is 5.48. The summed E-state index contributed by atoms with van der Waals surface area (Å²) in [5, 5.41) is 8.33. The molecule has 1 aliphatic rings. The van der Waals surface area contributed by atoms with E-state index in [2.05, 4.69) is 16.0 Å². The van der Waals surface area contributed by atoms with Crippen molar-refractivity contribution in [3.05, 3.63) is 0 Å². The number of hydrogen-bond donors (Lipinski definition) is 3. The summed E-state index contributed by atoms with van der Waals surface area (Å²) in [7, 11) is 0. The van der Waals surface area contributed by atoms with E-state index in [1.807, 2.05) is 20.8 Å². The van der Waals surface area contributed by atoms with Crippen LogP contribution in [-0.4, -0.2) is 49.7 Å². The number of nitrogens with one attached hydrogen (secondary N) is 3. The van der Waals surface area contributed by atoms with Crippen LogP contribution < -0.4 is 16.0 Å². The molecule has 1 saturated heterocycles. The maximum absolute atomic E-state index is 11.8. The first kappa shape index (κ1) is 13.9. The van der Waals surface area contributed by atoms with Gasteiger partial charge in [-0.25, -0.2) is 0 Å². The molecule has 2 amide bonds. The molecular formula is C11H21N3O3. The molecule has 0 aromatic rings. The summed E-state index contributed by atoms with van der Waals surface area (Å²) in [4.78, 5) is 22.7. The van der Waals surface area contributed by atoms with Gasteiger partial charge in [-0.2, -0.15) is 0 Å². The first-order valence-corrected chi connectivity index (χ1v) is 5.86. The van der Waals surface area contributed by atoms with E-state index in [0.29, 0.717) is 19.7 Å².